The third-order valence-corrected chi connectivity index (χ3v) is 3.17. The number of hydrogen-bond acceptors (Lipinski definition) is 2. The SMILES string of the molecule is CCCOCc1ccccc1CNC(=O)NCCC(C)C. The molecule has 0 bridgehead atoms. The average molecular weight is 292 g/mol. The maximum absolute atomic E-state index is 11.7. The molecule has 0 spiro atoms. The van der Waals surface area contributed by atoms with Crippen LogP contribution in [0.15, 0.2) is 24.3 Å². The predicted molar refractivity (Wildman–Crippen MR) is 86.1 cm³/mol. The average Bonchev–Trinajstić information content (AvgIpc) is 2.46. The number of amides is 2. The van der Waals surface area contributed by atoms with Crippen molar-refractivity contribution in [2.45, 2.75) is 46.8 Å². The number of hydrogen-bond donors (Lipinski definition) is 2. The molecule has 4 heteroatoms. The van der Waals surface area contributed by atoms with Gasteiger partial charge in [0, 0.05) is 19.7 Å². The van der Waals surface area contributed by atoms with Crippen LogP contribution in [0.3, 0.4) is 0 Å². The molecule has 2 N–H and O–H groups in total. The van der Waals surface area contributed by atoms with Crippen LogP contribution >= 0.6 is 0 Å². The minimum Gasteiger partial charge on any atom is -0.377 e. The largest absolute Gasteiger partial charge is 0.377 e. The van der Waals surface area contributed by atoms with Gasteiger partial charge in [0.1, 0.15) is 0 Å². The molecule has 0 radical (unpaired) electrons. The molecule has 2 amide bonds. The maximum Gasteiger partial charge on any atom is 0.315 e. The van der Waals surface area contributed by atoms with E-state index in [9.17, 15) is 4.79 Å². The summed E-state index contributed by atoms with van der Waals surface area (Å²) in [4.78, 5) is 11.7. The molecule has 118 valence electrons. The van der Waals surface area contributed by atoms with Gasteiger partial charge < -0.3 is 15.4 Å². The van der Waals surface area contributed by atoms with E-state index >= 15 is 0 Å². The van der Waals surface area contributed by atoms with Gasteiger partial charge in [-0.25, -0.2) is 4.79 Å². The van der Waals surface area contributed by atoms with Gasteiger partial charge in [0.2, 0.25) is 0 Å². The molecular weight excluding hydrogens is 264 g/mol. The summed E-state index contributed by atoms with van der Waals surface area (Å²) >= 11 is 0. The Hall–Kier alpha value is -1.55. The molecule has 21 heavy (non-hydrogen) atoms. The van der Waals surface area contributed by atoms with E-state index in [0.29, 0.717) is 25.6 Å². The molecule has 1 rings (SSSR count). The Morgan fingerprint density at radius 2 is 1.90 bits per heavy atom. The molecule has 0 saturated heterocycles. The molecule has 0 unspecified atom stereocenters. The van der Waals surface area contributed by atoms with Crippen LogP contribution in [-0.2, 0) is 17.9 Å². The number of urea groups is 1. The van der Waals surface area contributed by atoms with E-state index < -0.39 is 0 Å². The number of nitrogens with one attached hydrogen (secondary N) is 2. The summed E-state index contributed by atoms with van der Waals surface area (Å²) in [5, 5.41) is 5.77. The molecule has 4 nitrogen and oxygen atoms in total. The lowest BCUT2D eigenvalue weighted by Gasteiger charge is -2.12. The molecule has 1 aromatic carbocycles. The fourth-order valence-electron chi connectivity index (χ4n) is 1.91. The summed E-state index contributed by atoms with van der Waals surface area (Å²) in [5.41, 5.74) is 2.24. The summed E-state index contributed by atoms with van der Waals surface area (Å²) in [7, 11) is 0. The first-order chi connectivity index (χ1) is 10.1. The summed E-state index contributed by atoms with van der Waals surface area (Å²) in [6, 6.07) is 7.94. The zero-order chi connectivity index (χ0) is 15.5. The molecule has 0 saturated carbocycles. The van der Waals surface area contributed by atoms with Gasteiger partial charge in [0.25, 0.3) is 0 Å². The van der Waals surface area contributed by atoms with Crippen molar-refractivity contribution < 1.29 is 9.53 Å². The van der Waals surface area contributed by atoms with Crippen LogP contribution in [0, 0.1) is 5.92 Å². The van der Waals surface area contributed by atoms with Crippen LogP contribution in [0.2, 0.25) is 0 Å². The first-order valence-corrected chi connectivity index (χ1v) is 7.79. The zero-order valence-electron chi connectivity index (χ0n) is 13.4. The smallest absolute Gasteiger partial charge is 0.315 e. The highest BCUT2D eigenvalue weighted by molar-refractivity contribution is 5.73. The number of benzene rings is 1. The van der Waals surface area contributed by atoms with Gasteiger partial charge in [-0.2, -0.15) is 0 Å². The fraction of sp³-hybridized carbons (Fsp3) is 0.588. The van der Waals surface area contributed by atoms with Crippen molar-refractivity contribution in [3.63, 3.8) is 0 Å². The predicted octanol–water partition coefficient (Wildman–Crippen LogP) is 3.46. The maximum atomic E-state index is 11.7. The van der Waals surface area contributed by atoms with E-state index in [0.717, 1.165) is 30.6 Å². The van der Waals surface area contributed by atoms with Gasteiger partial charge in [0.15, 0.2) is 0 Å². The van der Waals surface area contributed by atoms with Gasteiger partial charge in [-0.1, -0.05) is 45.0 Å². The molecular formula is C17H28N2O2. The molecule has 0 aromatic heterocycles. The van der Waals surface area contributed by atoms with E-state index in [4.69, 9.17) is 4.74 Å². The first-order valence-electron chi connectivity index (χ1n) is 7.79. The van der Waals surface area contributed by atoms with E-state index in [-0.39, 0.29) is 6.03 Å². The Morgan fingerprint density at radius 3 is 2.57 bits per heavy atom. The highest BCUT2D eigenvalue weighted by atomic mass is 16.5. The van der Waals surface area contributed by atoms with Crippen LogP contribution in [0.5, 0.6) is 0 Å². The fourth-order valence-corrected chi connectivity index (χ4v) is 1.91. The number of carbonyl (C=O) groups is 1. The Labute approximate surface area is 128 Å². The second-order valence-corrected chi connectivity index (χ2v) is 5.61. The van der Waals surface area contributed by atoms with Crippen molar-refractivity contribution in [3.8, 4) is 0 Å². The Kier molecular flexibility index (Phi) is 8.51. The van der Waals surface area contributed by atoms with Crippen molar-refractivity contribution in [1.29, 1.82) is 0 Å². The quantitative estimate of drug-likeness (QED) is 0.685. The molecule has 0 fully saturated rings. The standard InChI is InChI=1S/C17H28N2O2/c1-4-11-21-13-16-8-6-5-7-15(16)12-19-17(20)18-10-9-14(2)3/h5-8,14H,4,9-13H2,1-3H3,(H2,18,19,20). The minimum absolute atomic E-state index is 0.111. The second kappa shape index (κ2) is 10.2. The summed E-state index contributed by atoms with van der Waals surface area (Å²) in [5.74, 6) is 0.599. The zero-order valence-corrected chi connectivity index (χ0v) is 13.4. The van der Waals surface area contributed by atoms with Crippen LogP contribution in [0.4, 0.5) is 4.79 Å². The van der Waals surface area contributed by atoms with Gasteiger partial charge in [-0.15, -0.1) is 0 Å². The minimum atomic E-state index is -0.111. The third kappa shape index (κ3) is 7.71. The van der Waals surface area contributed by atoms with Crippen LogP contribution in [0.1, 0.15) is 44.7 Å². The van der Waals surface area contributed by atoms with Crippen molar-refractivity contribution in [2.24, 2.45) is 5.92 Å². The second-order valence-electron chi connectivity index (χ2n) is 5.61. The highest BCUT2D eigenvalue weighted by Crippen LogP contribution is 2.10. The van der Waals surface area contributed by atoms with Crippen molar-refractivity contribution in [1.82, 2.24) is 10.6 Å². The van der Waals surface area contributed by atoms with E-state index in [1.54, 1.807) is 0 Å². The molecule has 0 atom stereocenters. The summed E-state index contributed by atoms with van der Waals surface area (Å²) in [6.07, 6.45) is 2.01. The van der Waals surface area contributed by atoms with Crippen LogP contribution < -0.4 is 10.6 Å². The van der Waals surface area contributed by atoms with Crippen LogP contribution in [0.25, 0.3) is 0 Å². The normalized spacial score (nSPS) is 10.7. The molecule has 1 aromatic rings. The monoisotopic (exact) mass is 292 g/mol. The summed E-state index contributed by atoms with van der Waals surface area (Å²) in [6.45, 7) is 8.98. The molecule has 0 heterocycles. The third-order valence-electron chi connectivity index (χ3n) is 3.17. The first kappa shape index (κ1) is 17.5. The Morgan fingerprint density at radius 1 is 1.19 bits per heavy atom. The topological polar surface area (TPSA) is 50.4 Å². The van der Waals surface area contributed by atoms with E-state index in [1.807, 2.05) is 24.3 Å². The lowest BCUT2D eigenvalue weighted by molar-refractivity contribution is 0.121. The van der Waals surface area contributed by atoms with Gasteiger partial charge >= 0.3 is 6.03 Å². The van der Waals surface area contributed by atoms with Crippen LogP contribution in [-0.4, -0.2) is 19.2 Å². The van der Waals surface area contributed by atoms with E-state index in [2.05, 4.69) is 31.4 Å². The van der Waals surface area contributed by atoms with Crippen molar-refractivity contribution in [3.05, 3.63) is 35.4 Å². The number of carbonyl (C=O) groups excluding carboxylic acids is 1. The molecule has 0 aliphatic rings. The lowest BCUT2D eigenvalue weighted by atomic mass is 10.1. The van der Waals surface area contributed by atoms with Gasteiger partial charge in [-0.3, -0.25) is 0 Å². The van der Waals surface area contributed by atoms with Gasteiger partial charge in [-0.05, 0) is 29.9 Å². The number of rotatable bonds is 9. The van der Waals surface area contributed by atoms with Crippen molar-refractivity contribution in [2.75, 3.05) is 13.2 Å². The molecule has 0 aliphatic heterocycles. The number of ether oxygens (including phenoxy) is 1. The lowest BCUT2D eigenvalue weighted by Crippen LogP contribution is -2.36. The highest BCUT2D eigenvalue weighted by Gasteiger charge is 2.05. The Balaban J connectivity index is 2.38. The summed E-state index contributed by atoms with van der Waals surface area (Å²) < 4.78 is 5.58. The van der Waals surface area contributed by atoms with Gasteiger partial charge in [0.05, 0.1) is 6.61 Å². The molecule has 0 aliphatic carbocycles. The van der Waals surface area contributed by atoms with E-state index in [1.165, 1.54) is 0 Å². The Bertz CT molecular complexity index is 419. The van der Waals surface area contributed by atoms with Crippen molar-refractivity contribution >= 4 is 6.03 Å².